The van der Waals surface area contributed by atoms with E-state index in [-0.39, 0.29) is 24.3 Å². The van der Waals surface area contributed by atoms with Crippen LogP contribution in [0.25, 0.3) is 0 Å². The highest BCUT2D eigenvalue weighted by Crippen LogP contribution is 2.28. The van der Waals surface area contributed by atoms with Crippen molar-refractivity contribution in [2.24, 2.45) is 5.92 Å². The molecule has 1 heterocycles. The minimum absolute atomic E-state index is 0.0124. The van der Waals surface area contributed by atoms with Crippen LogP contribution in [-0.2, 0) is 14.4 Å². The van der Waals surface area contributed by atoms with Crippen molar-refractivity contribution in [1.82, 2.24) is 10.2 Å². The molecule has 5 heteroatoms. The van der Waals surface area contributed by atoms with Crippen molar-refractivity contribution in [2.45, 2.75) is 45.1 Å². The maximum absolute atomic E-state index is 12.0. The highest BCUT2D eigenvalue weighted by Gasteiger charge is 2.34. The van der Waals surface area contributed by atoms with Gasteiger partial charge in [0.25, 0.3) is 0 Å². The third kappa shape index (κ3) is 2.65. The average molecular weight is 238 g/mol. The fourth-order valence-corrected chi connectivity index (χ4v) is 2.60. The van der Waals surface area contributed by atoms with E-state index in [2.05, 4.69) is 5.32 Å². The third-order valence-corrected chi connectivity index (χ3v) is 3.68. The molecule has 1 saturated heterocycles. The monoisotopic (exact) mass is 238 g/mol. The quantitative estimate of drug-likeness (QED) is 0.710. The molecule has 0 aromatic heterocycles. The summed E-state index contributed by atoms with van der Waals surface area (Å²) in [6.07, 6.45) is 5.03. The molecule has 0 bridgehead atoms. The first-order valence-corrected chi connectivity index (χ1v) is 6.21. The van der Waals surface area contributed by atoms with Gasteiger partial charge in [-0.15, -0.1) is 0 Å². The summed E-state index contributed by atoms with van der Waals surface area (Å²) in [4.78, 5) is 36.1. The van der Waals surface area contributed by atoms with Crippen molar-refractivity contribution in [3.05, 3.63) is 0 Å². The van der Waals surface area contributed by atoms with Crippen LogP contribution in [0.5, 0.6) is 0 Å². The number of hydrogen-bond acceptors (Lipinski definition) is 3. The lowest BCUT2D eigenvalue weighted by atomic mass is 10.0. The highest BCUT2D eigenvalue weighted by molar-refractivity contribution is 6.04. The third-order valence-electron chi connectivity index (χ3n) is 3.68. The largest absolute Gasteiger partial charge is 0.322 e. The Balaban J connectivity index is 1.96. The van der Waals surface area contributed by atoms with Crippen LogP contribution in [0.2, 0.25) is 0 Å². The van der Waals surface area contributed by atoms with Crippen LogP contribution in [0, 0.1) is 5.92 Å². The van der Waals surface area contributed by atoms with E-state index in [0.29, 0.717) is 12.3 Å². The number of amides is 3. The van der Waals surface area contributed by atoms with Crippen LogP contribution >= 0.6 is 0 Å². The number of carbonyl (C=O) groups excluding carboxylic acids is 3. The van der Waals surface area contributed by atoms with Crippen molar-refractivity contribution >= 4 is 17.7 Å². The van der Waals surface area contributed by atoms with E-state index in [1.165, 1.54) is 17.7 Å². The summed E-state index contributed by atoms with van der Waals surface area (Å²) in [5.74, 6) is -0.378. The normalized spacial score (nSPS) is 26.2. The van der Waals surface area contributed by atoms with Crippen molar-refractivity contribution in [1.29, 1.82) is 0 Å². The molecule has 1 aliphatic heterocycles. The van der Waals surface area contributed by atoms with Crippen LogP contribution in [-0.4, -0.2) is 35.2 Å². The number of nitrogens with zero attached hydrogens (tertiary/aromatic N) is 1. The topological polar surface area (TPSA) is 66.5 Å². The zero-order valence-electron chi connectivity index (χ0n) is 10.1. The molecule has 17 heavy (non-hydrogen) atoms. The molecule has 1 aliphatic carbocycles. The Kier molecular flexibility index (Phi) is 3.45. The number of piperazine rings is 1. The van der Waals surface area contributed by atoms with E-state index in [4.69, 9.17) is 0 Å². The van der Waals surface area contributed by atoms with Crippen molar-refractivity contribution in [3.8, 4) is 0 Å². The summed E-state index contributed by atoms with van der Waals surface area (Å²) in [7, 11) is 0. The Bertz CT molecular complexity index is 348. The van der Waals surface area contributed by atoms with Gasteiger partial charge >= 0.3 is 0 Å². The van der Waals surface area contributed by atoms with E-state index in [1.807, 2.05) is 0 Å². The fourth-order valence-electron chi connectivity index (χ4n) is 2.60. The molecule has 94 valence electrons. The van der Waals surface area contributed by atoms with E-state index in [1.54, 1.807) is 6.92 Å². The first kappa shape index (κ1) is 12.1. The lowest BCUT2D eigenvalue weighted by Crippen LogP contribution is -2.58. The summed E-state index contributed by atoms with van der Waals surface area (Å²) < 4.78 is 0. The smallest absolute Gasteiger partial charge is 0.249 e. The van der Waals surface area contributed by atoms with Crippen molar-refractivity contribution < 1.29 is 14.4 Å². The molecule has 1 saturated carbocycles. The minimum Gasteiger partial charge on any atom is -0.322 e. The molecule has 2 aliphatic rings. The summed E-state index contributed by atoms with van der Waals surface area (Å²) in [6.45, 7) is 1.67. The molecular weight excluding hydrogens is 220 g/mol. The Hall–Kier alpha value is -1.39. The molecule has 1 N–H and O–H groups in total. The van der Waals surface area contributed by atoms with E-state index in [0.717, 1.165) is 12.8 Å². The molecule has 5 nitrogen and oxygen atoms in total. The van der Waals surface area contributed by atoms with Crippen LogP contribution in [0.1, 0.15) is 39.0 Å². The second-order valence-corrected chi connectivity index (χ2v) is 4.96. The highest BCUT2D eigenvalue weighted by atomic mass is 16.2. The van der Waals surface area contributed by atoms with Gasteiger partial charge in [-0.1, -0.05) is 12.8 Å². The number of hydrogen-bond donors (Lipinski definition) is 1. The lowest BCUT2D eigenvalue weighted by Gasteiger charge is -2.32. The molecule has 0 aromatic carbocycles. The average Bonchev–Trinajstić information content (AvgIpc) is 2.76. The zero-order valence-corrected chi connectivity index (χ0v) is 10.1. The van der Waals surface area contributed by atoms with Crippen LogP contribution < -0.4 is 5.32 Å². The molecule has 1 unspecified atom stereocenters. The number of rotatable bonds is 2. The van der Waals surface area contributed by atoms with Gasteiger partial charge in [0.15, 0.2) is 0 Å². The molecule has 0 aromatic rings. The van der Waals surface area contributed by atoms with Gasteiger partial charge in [-0.25, -0.2) is 0 Å². The minimum atomic E-state index is -0.526. The van der Waals surface area contributed by atoms with Gasteiger partial charge in [0.2, 0.25) is 17.7 Å². The van der Waals surface area contributed by atoms with Crippen LogP contribution in [0.4, 0.5) is 0 Å². The van der Waals surface area contributed by atoms with E-state index in [9.17, 15) is 14.4 Å². The van der Waals surface area contributed by atoms with Crippen molar-refractivity contribution in [3.63, 3.8) is 0 Å². The Morgan fingerprint density at radius 2 is 2.00 bits per heavy atom. The second kappa shape index (κ2) is 4.85. The molecular formula is C12H18N2O3. The predicted molar refractivity (Wildman–Crippen MR) is 60.9 cm³/mol. The van der Waals surface area contributed by atoms with Gasteiger partial charge in [0.1, 0.15) is 12.6 Å². The van der Waals surface area contributed by atoms with Gasteiger partial charge in [-0.05, 0) is 25.7 Å². The van der Waals surface area contributed by atoms with Gasteiger partial charge in [-0.2, -0.15) is 0 Å². The van der Waals surface area contributed by atoms with E-state index >= 15 is 0 Å². The summed E-state index contributed by atoms with van der Waals surface area (Å²) in [5.41, 5.74) is 0. The van der Waals surface area contributed by atoms with Gasteiger partial charge in [-0.3, -0.25) is 19.7 Å². The summed E-state index contributed by atoms with van der Waals surface area (Å²) in [5, 5.41) is 2.24. The van der Waals surface area contributed by atoms with Gasteiger partial charge in [0, 0.05) is 6.42 Å². The summed E-state index contributed by atoms with van der Waals surface area (Å²) in [6, 6.07) is -0.526. The first-order chi connectivity index (χ1) is 8.08. The lowest BCUT2D eigenvalue weighted by molar-refractivity contribution is -0.149. The van der Waals surface area contributed by atoms with E-state index < -0.39 is 6.04 Å². The Morgan fingerprint density at radius 3 is 2.65 bits per heavy atom. The van der Waals surface area contributed by atoms with Gasteiger partial charge < -0.3 is 4.90 Å². The zero-order chi connectivity index (χ0) is 12.4. The second-order valence-electron chi connectivity index (χ2n) is 4.96. The molecule has 3 amide bonds. The molecule has 0 spiro atoms. The number of nitrogens with one attached hydrogen (secondary N) is 1. The molecule has 2 fully saturated rings. The van der Waals surface area contributed by atoms with Crippen molar-refractivity contribution in [2.75, 3.05) is 6.54 Å². The standard InChI is InChI=1S/C12H18N2O3/c1-8-12(17)13-10(15)7-14(8)11(16)6-9-4-2-3-5-9/h8-9H,2-7H2,1H3,(H,13,15,17). The van der Waals surface area contributed by atoms with Crippen LogP contribution in [0.3, 0.4) is 0 Å². The SMILES string of the molecule is CC1C(=O)NC(=O)CN1C(=O)CC1CCCC1. The fraction of sp³-hybridized carbons (Fsp3) is 0.750. The predicted octanol–water partition coefficient (Wildman–Crippen LogP) is 0.440. The molecule has 1 atom stereocenters. The maximum Gasteiger partial charge on any atom is 0.249 e. The van der Waals surface area contributed by atoms with Gasteiger partial charge in [0.05, 0.1) is 0 Å². The molecule has 2 rings (SSSR count). The number of imide groups is 1. The maximum atomic E-state index is 12.0. The first-order valence-electron chi connectivity index (χ1n) is 6.21. The Morgan fingerprint density at radius 1 is 1.35 bits per heavy atom. The summed E-state index contributed by atoms with van der Waals surface area (Å²) >= 11 is 0. The van der Waals surface area contributed by atoms with Crippen LogP contribution in [0.15, 0.2) is 0 Å². The molecule has 0 radical (unpaired) electrons. The number of carbonyl (C=O) groups is 3. The Labute approximate surface area is 101 Å².